The van der Waals surface area contributed by atoms with Crippen molar-refractivity contribution in [2.24, 2.45) is 0 Å². The van der Waals surface area contributed by atoms with Gasteiger partial charge in [0.15, 0.2) is 6.10 Å². The predicted octanol–water partition coefficient (Wildman–Crippen LogP) is 2.76. The maximum atomic E-state index is 12.2. The third-order valence-electron chi connectivity index (χ3n) is 3.67. The van der Waals surface area contributed by atoms with Crippen molar-refractivity contribution >= 4 is 28.6 Å². The summed E-state index contributed by atoms with van der Waals surface area (Å²) in [5.41, 5.74) is 2.42. The topological polar surface area (TPSA) is 93.3 Å². The van der Waals surface area contributed by atoms with E-state index in [-0.39, 0.29) is 0 Å². The monoisotopic (exact) mass is 339 g/mol. The molecule has 128 valence electrons. The fourth-order valence-electron chi connectivity index (χ4n) is 2.26. The summed E-state index contributed by atoms with van der Waals surface area (Å²) in [4.78, 5) is 31.4. The van der Waals surface area contributed by atoms with Gasteiger partial charge in [0, 0.05) is 5.69 Å². The fourth-order valence-corrected chi connectivity index (χ4v) is 2.26. The van der Waals surface area contributed by atoms with E-state index in [2.05, 4.69) is 15.3 Å². The Bertz CT molecular complexity index is 902. The van der Waals surface area contributed by atoms with Crippen molar-refractivity contribution in [3.8, 4) is 5.75 Å². The standard InChI is InChI=1S/C18H17N3O4/c1-11(17(22)21-13-4-6-14(24-2)7-5-13)25-18(23)12-3-8-15-16(9-12)20-10-19-15/h3-11H,1-2H3,(H,19,20)(H,21,22). The first-order valence-electron chi connectivity index (χ1n) is 7.66. The number of anilines is 1. The molecule has 7 heteroatoms. The number of hydrogen-bond donors (Lipinski definition) is 2. The van der Waals surface area contributed by atoms with Crippen molar-refractivity contribution < 1.29 is 19.1 Å². The average molecular weight is 339 g/mol. The number of benzene rings is 2. The van der Waals surface area contributed by atoms with Crippen molar-refractivity contribution in [3.05, 3.63) is 54.4 Å². The molecule has 0 radical (unpaired) electrons. The minimum Gasteiger partial charge on any atom is -0.497 e. The van der Waals surface area contributed by atoms with Crippen molar-refractivity contribution in [3.63, 3.8) is 0 Å². The van der Waals surface area contributed by atoms with E-state index in [4.69, 9.17) is 9.47 Å². The zero-order chi connectivity index (χ0) is 17.8. The summed E-state index contributed by atoms with van der Waals surface area (Å²) < 4.78 is 10.3. The molecule has 0 aliphatic heterocycles. The van der Waals surface area contributed by atoms with Gasteiger partial charge in [0.25, 0.3) is 5.91 Å². The van der Waals surface area contributed by atoms with Gasteiger partial charge in [-0.1, -0.05) is 0 Å². The molecular weight excluding hydrogens is 322 g/mol. The number of aromatic amines is 1. The average Bonchev–Trinajstić information content (AvgIpc) is 3.09. The summed E-state index contributed by atoms with van der Waals surface area (Å²) in [6, 6.07) is 11.8. The number of nitrogens with one attached hydrogen (secondary N) is 2. The number of amides is 1. The second-order valence-corrected chi connectivity index (χ2v) is 5.40. The zero-order valence-electron chi connectivity index (χ0n) is 13.8. The van der Waals surface area contributed by atoms with E-state index in [0.29, 0.717) is 17.0 Å². The van der Waals surface area contributed by atoms with Gasteiger partial charge in [0.05, 0.1) is 30.0 Å². The number of nitrogens with zero attached hydrogens (tertiary/aromatic N) is 1. The second-order valence-electron chi connectivity index (χ2n) is 5.40. The van der Waals surface area contributed by atoms with Crippen LogP contribution in [0.1, 0.15) is 17.3 Å². The molecule has 3 aromatic rings. The molecule has 0 saturated heterocycles. The van der Waals surface area contributed by atoms with Crippen LogP contribution in [0.4, 0.5) is 5.69 Å². The number of fused-ring (bicyclic) bond motifs is 1. The van der Waals surface area contributed by atoms with E-state index < -0.39 is 18.0 Å². The van der Waals surface area contributed by atoms with Crippen molar-refractivity contribution in [1.29, 1.82) is 0 Å². The van der Waals surface area contributed by atoms with Crippen LogP contribution in [0.15, 0.2) is 48.8 Å². The van der Waals surface area contributed by atoms with Crippen molar-refractivity contribution in [2.75, 3.05) is 12.4 Å². The lowest BCUT2D eigenvalue weighted by Gasteiger charge is -2.14. The van der Waals surface area contributed by atoms with Crippen LogP contribution in [0.25, 0.3) is 11.0 Å². The highest BCUT2D eigenvalue weighted by atomic mass is 16.5. The van der Waals surface area contributed by atoms with Crippen LogP contribution >= 0.6 is 0 Å². The van der Waals surface area contributed by atoms with Gasteiger partial charge in [0.2, 0.25) is 0 Å². The molecule has 2 aromatic carbocycles. The van der Waals surface area contributed by atoms with Gasteiger partial charge in [-0.05, 0) is 49.4 Å². The van der Waals surface area contributed by atoms with E-state index in [0.717, 1.165) is 11.0 Å². The number of esters is 1. The van der Waals surface area contributed by atoms with E-state index in [9.17, 15) is 9.59 Å². The Hall–Kier alpha value is -3.35. The molecule has 1 amide bonds. The Balaban J connectivity index is 1.62. The molecule has 1 unspecified atom stereocenters. The van der Waals surface area contributed by atoms with Gasteiger partial charge in [-0.2, -0.15) is 0 Å². The molecule has 3 rings (SSSR count). The van der Waals surface area contributed by atoms with Crippen LogP contribution in [0, 0.1) is 0 Å². The first-order chi connectivity index (χ1) is 12.1. The number of carbonyl (C=O) groups excluding carboxylic acids is 2. The smallest absolute Gasteiger partial charge is 0.338 e. The Labute approximate surface area is 144 Å². The largest absolute Gasteiger partial charge is 0.497 e. The Morgan fingerprint density at radius 2 is 1.92 bits per heavy atom. The summed E-state index contributed by atoms with van der Waals surface area (Å²) in [6.45, 7) is 1.52. The van der Waals surface area contributed by atoms with Crippen LogP contribution in [0.5, 0.6) is 5.75 Å². The van der Waals surface area contributed by atoms with Crippen molar-refractivity contribution in [1.82, 2.24) is 9.97 Å². The highest BCUT2D eigenvalue weighted by molar-refractivity contribution is 5.98. The lowest BCUT2D eigenvalue weighted by atomic mass is 10.2. The predicted molar refractivity (Wildman–Crippen MR) is 92.6 cm³/mol. The molecule has 7 nitrogen and oxygen atoms in total. The highest BCUT2D eigenvalue weighted by Gasteiger charge is 2.19. The number of imidazole rings is 1. The molecule has 0 aliphatic rings. The van der Waals surface area contributed by atoms with E-state index in [1.807, 2.05) is 0 Å². The molecule has 0 spiro atoms. The van der Waals surface area contributed by atoms with E-state index >= 15 is 0 Å². The third kappa shape index (κ3) is 3.77. The molecule has 0 saturated carbocycles. The lowest BCUT2D eigenvalue weighted by Crippen LogP contribution is -2.30. The SMILES string of the molecule is COc1ccc(NC(=O)C(C)OC(=O)c2ccc3nc[nH]c3c2)cc1. The molecule has 2 N–H and O–H groups in total. The quantitative estimate of drug-likeness (QED) is 0.697. The van der Waals surface area contributed by atoms with Crippen molar-refractivity contribution in [2.45, 2.75) is 13.0 Å². The number of carbonyl (C=O) groups is 2. The number of aromatic nitrogens is 2. The summed E-state index contributed by atoms with van der Waals surface area (Å²) in [5, 5.41) is 2.69. The number of H-pyrrole nitrogens is 1. The summed E-state index contributed by atoms with van der Waals surface area (Å²) in [5.74, 6) is -0.304. The van der Waals surface area contributed by atoms with Crippen LogP contribution in [-0.4, -0.2) is 35.1 Å². The van der Waals surface area contributed by atoms with Gasteiger partial charge < -0.3 is 19.8 Å². The molecule has 0 fully saturated rings. The molecular formula is C18H17N3O4. The summed E-state index contributed by atoms with van der Waals surface area (Å²) in [7, 11) is 1.57. The lowest BCUT2D eigenvalue weighted by molar-refractivity contribution is -0.123. The second kappa shape index (κ2) is 7.04. The van der Waals surface area contributed by atoms with Crippen LogP contribution in [0.3, 0.4) is 0 Å². The number of hydrogen-bond acceptors (Lipinski definition) is 5. The zero-order valence-corrected chi connectivity index (χ0v) is 13.8. The molecule has 1 heterocycles. The molecule has 1 atom stereocenters. The maximum Gasteiger partial charge on any atom is 0.338 e. The maximum absolute atomic E-state index is 12.2. The van der Waals surface area contributed by atoms with Crippen LogP contribution < -0.4 is 10.1 Å². The van der Waals surface area contributed by atoms with E-state index in [1.165, 1.54) is 6.92 Å². The van der Waals surface area contributed by atoms with Gasteiger partial charge in [-0.25, -0.2) is 9.78 Å². The van der Waals surface area contributed by atoms with Gasteiger partial charge in [-0.3, -0.25) is 4.79 Å². The van der Waals surface area contributed by atoms with Crippen LogP contribution in [-0.2, 0) is 9.53 Å². The first kappa shape index (κ1) is 16.5. The number of rotatable bonds is 5. The fraction of sp³-hybridized carbons (Fsp3) is 0.167. The normalized spacial score (nSPS) is 11.8. The summed E-state index contributed by atoms with van der Waals surface area (Å²) >= 11 is 0. The Morgan fingerprint density at radius 1 is 1.16 bits per heavy atom. The van der Waals surface area contributed by atoms with E-state index in [1.54, 1.807) is 55.9 Å². The minimum absolute atomic E-state index is 0.348. The van der Waals surface area contributed by atoms with Gasteiger partial charge >= 0.3 is 5.97 Å². The highest BCUT2D eigenvalue weighted by Crippen LogP contribution is 2.16. The molecule has 0 aliphatic carbocycles. The molecule has 1 aromatic heterocycles. The number of methoxy groups -OCH3 is 1. The third-order valence-corrected chi connectivity index (χ3v) is 3.67. The summed E-state index contributed by atoms with van der Waals surface area (Å²) in [6.07, 6.45) is 0.608. The Morgan fingerprint density at radius 3 is 2.64 bits per heavy atom. The van der Waals surface area contributed by atoms with Crippen LogP contribution in [0.2, 0.25) is 0 Å². The first-order valence-corrected chi connectivity index (χ1v) is 7.66. The Kier molecular flexibility index (Phi) is 4.65. The molecule has 25 heavy (non-hydrogen) atoms. The molecule has 0 bridgehead atoms. The number of ether oxygens (including phenoxy) is 2. The minimum atomic E-state index is -0.938. The van der Waals surface area contributed by atoms with Gasteiger partial charge in [0.1, 0.15) is 5.75 Å². The van der Waals surface area contributed by atoms with Gasteiger partial charge in [-0.15, -0.1) is 0 Å².